The molecule has 0 aliphatic carbocycles. The van der Waals surface area contributed by atoms with Gasteiger partial charge in [-0.1, -0.05) is 47.7 Å². The van der Waals surface area contributed by atoms with Crippen LogP contribution in [0.15, 0.2) is 54.6 Å². The van der Waals surface area contributed by atoms with E-state index in [0.717, 1.165) is 60.5 Å². The van der Waals surface area contributed by atoms with Crippen molar-refractivity contribution in [3.05, 3.63) is 60.2 Å². The van der Waals surface area contributed by atoms with Crippen LogP contribution in [0.4, 0.5) is 5.13 Å². The number of hydrogen-bond donors (Lipinski definition) is 0. The van der Waals surface area contributed by atoms with Crippen molar-refractivity contribution in [1.82, 2.24) is 9.88 Å². The number of benzene rings is 3. The van der Waals surface area contributed by atoms with Gasteiger partial charge < -0.3 is 14.2 Å². The van der Waals surface area contributed by atoms with Gasteiger partial charge in [0.15, 0.2) is 5.13 Å². The van der Waals surface area contributed by atoms with E-state index in [1.165, 1.54) is 11.3 Å². The topological polar surface area (TPSA) is 64.1 Å². The molecule has 2 heterocycles. The number of carbonyl (C=O) groups is 1. The third-order valence-electron chi connectivity index (χ3n) is 6.35. The molecule has 9 heteroatoms. The Morgan fingerprint density at radius 3 is 2.53 bits per heavy atom. The summed E-state index contributed by atoms with van der Waals surface area (Å²) < 4.78 is 17.5. The van der Waals surface area contributed by atoms with Crippen LogP contribution in [0.2, 0.25) is 0 Å². The first-order chi connectivity index (χ1) is 17.2. The second-order valence-electron chi connectivity index (χ2n) is 8.44. The van der Waals surface area contributed by atoms with Gasteiger partial charge in [0.2, 0.25) is 0 Å². The minimum absolute atomic E-state index is 0. The lowest BCUT2D eigenvalue weighted by molar-refractivity contribution is 0.0376. The molecule has 190 valence electrons. The van der Waals surface area contributed by atoms with Crippen molar-refractivity contribution in [1.29, 1.82) is 0 Å². The van der Waals surface area contributed by atoms with Gasteiger partial charge in [0, 0.05) is 31.7 Å². The fourth-order valence-electron chi connectivity index (χ4n) is 4.51. The number of thiazole rings is 1. The minimum Gasteiger partial charge on any atom is -0.495 e. The lowest BCUT2D eigenvalue weighted by Crippen LogP contribution is -2.39. The molecule has 0 unspecified atom stereocenters. The van der Waals surface area contributed by atoms with E-state index in [1.54, 1.807) is 14.2 Å². The maximum absolute atomic E-state index is 14.0. The van der Waals surface area contributed by atoms with E-state index in [-0.39, 0.29) is 18.3 Å². The van der Waals surface area contributed by atoms with Crippen molar-refractivity contribution < 1.29 is 19.0 Å². The van der Waals surface area contributed by atoms with Crippen molar-refractivity contribution >= 4 is 55.8 Å². The number of ether oxygens (including phenoxy) is 3. The van der Waals surface area contributed by atoms with Gasteiger partial charge in [0.05, 0.1) is 27.4 Å². The molecule has 1 aliphatic rings. The van der Waals surface area contributed by atoms with Crippen LogP contribution >= 0.6 is 23.7 Å². The van der Waals surface area contributed by atoms with Gasteiger partial charge >= 0.3 is 0 Å². The summed E-state index contributed by atoms with van der Waals surface area (Å²) in [7, 11) is 3.27. The second kappa shape index (κ2) is 11.9. The molecule has 7 nitrogen and oxygen atoms in total. The Morgan fingerprint density at radius 1 is 1.03 bits per heavy atom. The van der Waals surface area contributed by atoms with Crippen LogP contribution in [0, 0.1) is 0 Å². The predicted molar refractivity (Wildman–Crippen MR) is 147 cm³/mol. The summed E-state index contributed by atoms with van der Waals surface area (Å²) in [6.45, 7) is 4.83. The molecule has 0 radical (unpaired) electrons. The van der Waals surface area contributed by atoms with Gasteiger partial charge in [0.25, 0.3) is 5.91 Å². The summed E-state index contributed by atoms with van der Waals surface area (Å²) >= 11 is 1.46. The Hall–Kier alpha value is -2.91. The Morgan fingerprint density at radius 2 is 1.75 bits per heavy atom. The third kappa shape index (κ3) is 5.27. The lowest BCUT2D eigenvalue weighted by Gasteiger charge is -2.28. The normalized spacial score (nSPS) is 13.9. The number of methoxy groups -OCH3 is 2. The molecular weight excluding hydrogens is 498 g/mol. The molecule has 5 rings (SSSR count). The molecule has 0 N–H and O–H groups in total. The van der Waals surface area contributed by atoms with Crippen LogP contribution in [0.3, 0.4) is 0 Å². The zero-order chi connectivity index (χ0) is 24.2. The first kappa shape index (κ1) is 26.2. The molecule has 4 aromatic rings. The molecule has 0 saturated carbocycles. The zero-order valence-corrected chi connectivity index (χ0v) is 22.1. The van der Waals surface area contributed by atoms with Crippen molar-refractivity contribution in [2.75, 3.05) is 58.5 Å². The number of halogens is 1. The molecule has 1 amide bonds. The number of fused-ring (bicyclic) bond motifs is 2. The predicted octanol–water partition coefficient (Wildman–Crippen LogP) is 5.26. The van der Waals surface area contributed by atoms with Crippen LogP contribution in [0.25, 0.3) is 21.0 Å². The van der Waals surface area contributed by atoms with E-state index >= 15 is 0 Å². The third-order valence-corrected chi connectivity index (χ3v) is 7.45. The average molecular weight is 528 g/mol. The Labute approximate surface area is 221 Å². The highest BCUT2D eigenvalue weighted by molar-refractivity contribution is 7.22. The van der Waals surface area contributed by atoms with Gasteiger partial charge in [-0.15, -0.1) is 12.4 Å². The number of aromatic nitrogens is 1. The van der Waals surface area contributed by atoms with Crippen LogP contribution in [0.5, 0.6) is 11.5 Å². The van der Waals surface area contributed by atoms with Crippen molar-refractivity contribution in [2.45, 2.75) is 6.42 Å². The summed E-state index contributed by atoms with van der Waals surface area (Å²) in [4.78, 5) is 23.1. The van der Waals surface area contributed by atoms with Crippen LogP contribution < -0.4 is 14.4 Å². The monoisotopic (exact) mass is 527 g/mol. The summed E-state index contributed by atoms with van der Waals surface area (Å²) in [6.07, 6.45) is 0.834. The average Bonchev–Trinajstić information content (AvgIpc) is 3.35. The molecule has 36 heavy (non-hydrogen) atoms. The van der Waals surface area contributed by atoms with Crippen LogP contribution in [-0.2, 0) is 4.74 Å². The van der Waals surface area contributed by atoms with Crippen molar-refractivity contribution in [3.8, 4) is 11.5 Å². The van der Waals surface area contributed by atoms with E-state index in [2.05, 4.69) is 4.90 Å². The van der Waals surface area contributed by atoms with Crippen LogP contribution in [0.1, 0.15) is 16.8 Å². The summed E-state index contributed by atoms with van der Waals surface area (Å²) in [5.74, 6) is 1.32. The number of hydrogen-bond acceptors (Lipinski definition) is 7. The quantitative estimate of drug-likeness (QED) is 0.311. The molecule has 0 spiro atoms. The van der Waals surface area contributed by atoms with E-state index in [4.69, 9.17) is 19.2 Å². The Kier molecular flexibility index (Phi) is 8.64. The highest BCUT2D eigenvalue weighted by atomic mass is 35.5. The largest absolute Gasteiger partial charge is 0.495 e. The Bertz CT molecular complexity index is 1290. The van der Waals surface area contributed by atoms with Crippen molar-refractivity contribution in [3.63, 3.8) is 0 Å². The van der Waals surface area contributed by atoms with Gasteiger partial charge in [-0.25, -0.2) is 4.98 Å². The summed E-state index contributed by atoms with van der Waals surface area (Å²) in [5.41, 5.74) is 1.38. The van der Waals surface area contributed by atoms with Crippen LogP contribution in [-0.4, -0.2) is 69.4 Å². The van der Waals surface area contributed by atoms with E-state index < -0.39 is 0 Å². The molecule has 1 aromatic heterocycles. The molecular formula is C27H30ClN3O4S. The molecule has 0 atom stereocenters. The van der Waals surface area contributed by atoms with E-state index in [0.29, 0.717) is 28.5 Å². The minimum atomic E-state index is -0.0548. The Balaban J connectivity index is 0.00000304. The first-order valence-electron chi connectivity index (χ1n) is 11.8. The number of nitrogens with zero attached hydrogens (tertiary/aromatic N) is 3. The number of rotatable bonds is 8. The number of carbonyl (C=O) groups excluding carboxylic acids is 1. The van der Waals surface area contributed by atoms with Gasteiger partial charge in [-0.3, -0.25) is 14.6 Å². The maximum atomic E-state index is 14.0. The maximum Gasteiger partial charge on any atom is 0.260 e. The first-order valence-corrected chi connectivity index (χ1v) is 12.6. The molecule has 1 aliphatic heterocycles. The highest BCUT2D eigenvalue weighted by Crippen LogP contribution is 2.40. The standard InChI is InChI=1S/C27H29N3O4S.ClH/c1-32-22-11-12-23(33-2)25-24(22)28-27(35-25)30(14-6-13-29-15-17-34-18-16-29)26(31)21-10-5-8-19-7-3-4-9-20(19)21;/h3-5,7-12H,6,13-18H2,1-2H3;1H. The number of morpholine rings is 1. The van der Waals surface area contributed by atoms with E-state index in [9.17, 15) is 4.79 Å². The zero-order valence-electron chi connectivity index (χ0n) is 20.4. The smallest absolute Gasteiger partial charge is 0.260 e. The fraction of sp³-hybridized carbons (Fsp3) is 0.333. The SMILES string of the molecule is COc1ccc(OC)c2sc(N(CCCN3CCOCC3)C(=O)c3cccc4ccccc34)nc12.Cl. The highest BCUT2D eigenvalue weighted by Gasteiger charge is 2.25. The summed E-state index contributed by atoms with van der Waals surface area (Å²) in [5, 5.41) is 2.62. The number of anilines is 1. The van der Waals surface area contributed by atoms with Crippen molar-refractivity contribution in [2.24, 2.45) is 0 Å². The number of amides is 1. The molecule has 3 aromatic carbocycles. The van der Waals surface area contributed by atoms with E-state index in [1.807, 2.05) is 59.5 Å². The fourth-order valence-corrected chi connectivity index (χ4v) is 5.61. The molecule has 1 fully saturated rings. The lowest BCUT2D eigenvalue weighted by atomic mass is 10.0. The van der Waals surface area contributed by atoms with Gasteiger partial charge in [0.1, 0.15) is 21.7 Å². The second-order valence-corrected chi connectivity index (χ2v) is 9.41. The van der Waals surface area contributed by atoms with Gasteiger partial charge in [-0.05, 0) is 35.4 Å². The molecule has 1 saturated heterocycles. The van der Waals surface area contributed by atoms with Gasteiger partial charge in [-0.2, -0.15) is 0 Å². The molecule has 0 bridgehead atoms. The summed E-state index contributed by atoms with van der Waals surface area (Å²) in [6, 6.07) is 17.6.